The number of nitriles is 1. The number of nitrogens with two attached hydrogens (primary N) is 1. The molecule has 0 spiro atoms. The van der Waals surface area contributed by atoms with E-state index in [-0.39, 0.29) is 34.5 Å². The van der Waals surface area contributed by atoms with E-state index in [1.165, 1.54) is 37.9 Å². The number of Topliss-reactive ketones (excluding diaryl/α,β-unsaturated/α-hetero) is 1. The standard InChI is InChI=1S/C23H29N3O4S/c1-16(25)19(13-24)20(27)14-30-23(29)18-11-7-8-12-21(18)31-15-22(28)26-17-9-5-3-2-4-6-10-17/h7-8,11-12,17H,2-6,9-10,14-15,25H2,1H3,(H,26,28)/b19-16+. The maximum absolute atomic E-state index is 12.5. The predicted molar refractivity (Wildman–Crippen MR) is 119 cm³/mol. The molecule has 1 aliphatic carbocycles. The maximum Gasteiger partial charge on any atom is 0.339 e. The van der Waals surface area contributed by atoms with Crippen LogP contribution >= 0.6 is 11.8 Å². The lowest BCUT2D eigenvalue weighted by Crippen LogP contribution is -2.36. The molecule has 1 aromatic carbocycles. The average molecular weight is 444 g/mol. The summed E-state index contributed by atoms with van der Waals surface area (Å²) >= 11 is 1.25. The third-order valence-electron chi connectivity index (χ3n) is 5.06. The Balaban J connectivity index is 1.91. The summed E-state index contributed by atoms with van der Waals surface area (Å²) in [5, 5.41) is 12.1. The highest BCUT2D eigenvalue weighted by Crippen LogP contribution is 2.24. The van der Waals surface area contributed by atoms with Crippen molar-refractivity contribution in [3.05, 3.63) is 41.1 Å². The molecule has 0 bridgehead atoms. The van der Waals surface area contributed by atoms with Crippen LogP contribution in [0.15, 0.2) is 40.4 Å². The van der Waals surface area contributed by atoms with Crippen molar-refractivity contribution in [2.75, 3.05) is 12.4 Å². The molecule has 166 valence electrons. The van der Waals surface area contributed by atoms with Crippen molar-refractivity contribution < 1.29 is 19.1 Å². The molecule has 0 unspecified atom stereocenters. The molecule has 7 nitrogen and oxygen atoms in total. The van der Waals surface area contributed by atoms with E-state index in [1.807, 2.05) is 0 Å². The Kier molecular flexibility index (Phi) is 10.1. The number of nitrogens with one attached hydrogen (secondary N) is 1. The van der Waals surface area contributed by atoms with Crippen LogP contribution < -0.4 is 11.1 Å². The van der Waals surface area contributed by atoms with E-state index in [1.54, 1.807) is 30.3 Å². The number of esters is 1. The Bertz CT molecular complexity index is 864. The summed E-state index contributed by atoms with van der Waals surface area (Å²) < 4.78 is 5.07. The molecule has 0 aromatic heterocycles. The predicted octanol–water partition coefficient (Wildman–Crippen LogP) is 3.49. The summed E-state index contributed by atoms with van der Waals surface area (Å²) in [7, 11) is 0. The van der Waals surface area contributed by atoms with Gasteiger partial charge in [0.05, 0.1) is 11.3 Å². The number of rotatable bonds is 8. The van der Waals surface area contributed by atoms with E-state index in [2.05, 4.69) is 5.32 Å². The molecule has 1 aromatic rings. The number of hydrogen-bond donors (Lipinski definition) is 2. The molecule has 1 fully saturated rings. The molecule has 31 heavy (non-hydrogen) atoms. The normalized spacial score (nSPS) is 15.6. The zero-order valence-corrected chi connectivity index (χ0v) is 18.6. The van der Waals surface area contributed by atoms with Gasteiger partial charge in [0.2, 0.25) is 11.7 Å². The smallest absolute Gasteiger partial charge is 0.339 e. The second kappa shape index (κ2) is 12.8. The quantitative estimate of drug-likeness (QED) is 0.273. The fourth-order valence-corrected chi connectivity index (χ4v) is 4.28. The number of thioether (sulfide) groups is 1. The minimum Gasteiger partial charge on any atom is -0.454 e. The molecule has 0 heterocycles. The Hall–Kier alpha value is -2.79. The lowest BCUT2D eigenvalue weighted by Gasteiger charge is -2.21. The van der Waals surface area contributed by atoms with Crippen LogP contribution in [0, 0.1) is 11.3 Å². The van der Waals surface area contributed by atoms with Gasteiger partial charge in [-0.1, -0.05) is 44.2 Å². The van der Waals surface area contributed by atoms with Crippen LogP contribution in [-0.4, -0.2) is 36.1 Å². The first-order valence-corrected chi connectivity index (χ1v) is 11.5. The van der Waals surface area contributed by atoms with Gasteiger partial charge in [0, 0.05) is 16.6 Å². The number of ketones is 1. The number of carbonyl (C=O) groups is 3. The molecular formula is C23H29N3O4S. The van der Waals surface area contributed by atoms with Gasteiger partial charge in [-0.15, -0.1) is 11.8 Å². The first kappa shape index (κ1) is 24.5. The molecule has 2 rings (SSSR count). The first-order chi connectivity index (χ1) is 14.9. The van der Waals surface area contributed by atoms with Crippen LogP contribution in [0.2, 0.25) is 0 Å². The van der Waals surface area contributed by atoms with E-state index in [4.69, 9.17) is 15.7 Å². The second-order valence-electron chi connectivity index (χ2n) is 7.56. The minimum absolute atomic E-state index is 0.0591. The van der Waals surface area contributed by atoms with Gasteiger partial charge in [-0.2, -0.15) is 5.26 Å². The van der Waals surface area contributed by atoms with Crippen LogP contribution in [0.4, 0.5) is 0 Å². The van der Waals surface area contributed by atoms with Crippen LogP contribution in [0.5, 0.6) is 0 Å². The second-order valence-corrected chi connectivity index (χ2v) is 8.58. The number of hydrogen-bond acceptors (Lipinski definition) is 7. The highest BCUT2D eigenvalue weighted by molar-refractivity contribution is 8.00. The van der Waals surface area contributed by atoms with Gasteiger partial charge in [0.25, 0.3) is 0 Å². The lowest BCUT2D eigenvalue weighted by molar-refractivity contribution is -0.119. The Morgan fingerprint density at radius 2 is 1.81 bits per heavy atom. The highest BCUT2D eigenvalue weighted by atomic mass is 32.2. The molecule has 1 aliphatic rings. The molecular weight excluding hydrogens is 414 g/mol. The maximum atomic E-state index is 12.5. The largest absolute Gasteiger partial charge is 0.454 e. The first-order valence-electron chi connectivity index (χ1n) is 10.5. The van der Waals surface area contributed by atoms with E-state index in [0.29, 0.717) is 4.90 Å². The number of ether oxygens (including phenoxy) is 1. The van der Waals surface area contributed by atoms with E-state index in [9.17, 15) is 14.4 Å². The van der Waals surface area contributed by atoms with Crippen LogP contribution in [0.3, 0.4) is 0 Å². The van der Waals surface area contributed by atoms with Gasteiger partial charge in [0.15, 0.2) is 6.61 Å². The Labute approximate surface area is 187 Å². The molecule has 8 heteroatoms. The monoisotopic (exact) mass is 443 g/mol. The van der Waals surface area contributed by atoms with E-state index in [0.717, 1.165) is 25.7 Å². The van der Waals surface area contributed by atoms with E-state index >= 15 is 0 Å². The molecule has 0 aliphatic heterocycles. The Morgan fingerprint density at radius 3 is 2.45 bits per heavy atom. The van der Waals surface area contributed by atoms with Crippen molar-refractivity contribution in [3.63, 3.8) is 0 Å². The van der Waals surface area contributed by atoms with Gasteiger partial charge in [-0.25, -0.2) is 4.79 Å². The average Bonchev–Trinajstić information content (AvgIpc) is 2.72. The molecule has 1 amide bonds. The van der Waals surface area contributed by atoms with Crippen molar-refractivity contribution in [2.24, 2.45) is 5.73 Å². The fraction of sp³-hybridized carbons (Fsp3) is 0.478. The summed E-state index contributed by atoms with van der Waals surface area (Å²) in [5.74, 6) is -1.22. The summed E-state index contributed by atoms with van der Waals surface area (Å²) in [5.41, 5.74) is 5.62. The zero-order valence-electron chi connectivity index (χ0n) is 17.8. The molecule has 0 saturated heterocycles. The van der Waals surface area contributed by atoms with Crippen molar-refractivity contribution in [2.45, 2.75) is 62.8 Å². The molecule has 3 N–H and O–H groups in total. The summed E-state index contributed by atoms with van der Waals surface area (Å²) in [6.07, 6.45) is 8.00. The van der Waals surface area contributed by atoms with Crippen molar-refractivity contribution >= 4 is 29.4 Å². The molecule has 0 atom stereocenters. The number of benzene rings is 1. The zero-order chi connectivity index (χ0) is 22.6. The van der Waals surface area contributed by atoms with Crippen molar-refractivity contribution in [1.82, 2.24) is 5.32 Å². The van der Waals surface area contributed by atoms with Gasteiger partial charge in [-0.05, 0) is 31.9 Å². The number of nitrogens with zero attached hydrogens (tertiary/aromatic N) is 1. The molecule has 1 saturated carbocycles. The van der Waals surface area contributed by atoms with Crippen LogP contribution in [0.1, 0.15) is 62.2 Å². The third kappa shape index (κ3) is 8.10. The topological polar surface area (TPSA) is 122 Å². The summed E-state index contributed by atoms with van der Waals surface area (Å²) in [4.78, 5) is 37.5. The number of allylic oxidation sites excluding steroid dienone is 1. The minimum atomic E-state index is -0.691. The Morgan fingerprint density at radius 1 is 1.16 bits per heavy atom. The van der Waals surface area contributed by atoms with Gasteiger partial charge in [0.1, 0.15) is 11.6 Å². The van der Waals surface area contributed by atoms with Crippen molar-refractivity contribution in [3.8, 4) is 6.07 Å². The fourth-order valence-electron chi connectivity index (χ4n) is 3.43. The number of carbonyl (C=O) groups excluding carboxylic acids is 3. The summed E-state index contributed by atoms with van der Waals surface area (Å²) in [6, 6.07) is 8.70. The van der Waals surface area contributed by atoms with Gasteiger partial charge < -0.3 is 15.8 Å². The third-order valence-corrected chi connectivity index (χ3v) is 6.13. The van der Waals surface area contributed by atoms with Crippen molar-refractivity contribution in [1.29, 1.82) is 5.26 Å². The van der Waals surface area contributed by atoms with E-state index < -0.39 is 18.4 Å². The summed E-state index contributed by atoms with van der Waals surface area (Å²) in [6.45, 7) is 0.864. The lowest BCUT2D eigenvalue weighted by atomic mass is 9.97. The van der Waals surface area contributed by atoms with Gasteiger partial charge in [-0.3, -0.25) is 9.59 Å². The highest BCUT2D eigenvalue weighted by Gasteiger charge is 2.19. The number of amides is 1. The SMILES string of the molecule is C/C(N)=C(/C#N)C(=O)COC(=O)c1ccccc1SCC(=O)NC1CCCCCCC1. The molecule has 0 radical (unpaired) electrons. The van der Waals surface area contributed by atoms with Crippen LogP contribution in [0.25, 0.3) is 0 Å². The van der Waals surface area contributed by atoms with Gasteiger partial charge >= 0.3 is 5.97 Å². The van der Waals surface area contributed by atoms with Crippen LogP contribution in [-0.2, 0) is 14.3 Å².